The minimum Gasteiger partial charge on any atom is -0.381 e. The summed E-state index contributed by atoms with van der Waals surface area (Å²) in [5.74, 6) is 0. The fraction of sp³-hybridized carbons (Fsp3) is 1.00. The smallest absolute Gasteiger partial charge is 0.381 e. The van der Waals surface area contributed by atoms with Crippen molar-refractivity contribution >= 4 is 18.4 Å². The lowest BCUT2D eigenvalue weighted by atomic mass is 10.4. The van der Waals surface area contributed by atoms with Gasteiger partial charge in [0.15, 0.2) is 0 Å². The van der Waals surface area contributed by atoms with Crippen LogP contribution in [0.1, 0.15) is 12.8 Å². The molecule has 0 aromatic rings. The largest absolute Gasteiger partial charge is 0.522 e. The lowest BCUT2D eigenvalue weighted by Crippen LogP contribution is -2.36. The highest BCUT2D eigenvalue weighted by Crippen LogP contribution is 2.27. The van der Waals surface area contributed by atoms with Gasteiger partial charge in [0.05, 0.1) is 0 Å². The van der Waals surface area contributed by atoms with E-state index in [4.69, 9.17) is 4.74 Å². The van der Waals surface area contributed by atoms with Gasteiger partial charge >= 0.3 is 15.6 Å². The Morgan fingerprint density at radius 2 is 1.53 bits per heavy atom. The van der Waals surface area contributed by atoms with E-state index in [-0.39, 0.29) is 0 Å². The number of alkyl halides is 3. The molecule has 0 aromatic heterocycles. The molecule has 17 heavy (non-hydrogen) atoms. The second-order valence-electron chi connectivity index (χ2n) is 4.42. The maximum Gasteiger partial charge on any atom is 0.522 e. The molecular formula is C8H17F3O4SSi. The zero-order valence-corrected chi connectivity index (χ0v) is 11.8. The molecule has 0 saturated carbocycles. The van der Waals surface area contributed by atoms with Crippen molar-refractivity contribution in [1.29, 1.82) is 0 Å². The van der Waals surface area contributed by atoms with Crippen LogP contribution < -0.4 is 0 Å². The van der Waals surface area contributed by atoms with Crippen molar-refractivity contribution in [3.8, 4) is 0 Å². The molecule has 1 aliphatic rings. The van der Waals surface area contributed by atoms with Crippen LogP contribution in [0.3, 0.4) is 0 Å². The van der Waals surface area contributed by atoms with Crippen LogP contribution in [0.15, 0.2) is 0 Å². The van der Waals surface area contributed by atoms with E-state index in [1.165, 1.54) is 32.5 Å². The fourth-order valence-electron chi connectivity index (χ4n) is 0.887. The SMILES string of the molecule is C1CCOC1.C[Si](C)(C)OS(=O)(=O)C(F)(F)F. The van der Waals surface area contributed by atoms with Gasteiger partial charge in [-0.2, -0.15) is 21.6 Å². The van der Waals surface area contributed by atoms with E-state index in [0.717, 1.165) is 13.2 Å². The Morgan fingerprint density at radius 3 is 1.65 bits per heavy atom. The van der Waals surface area contributed by atoms with Gasteiger partial charge in [-0.3, -0.25) is 0 Å². The number of hydrogen-bond acceptors (Lipinski definition) is 4. The van der Waals surface area contributed by atoms with E-state index in [2.05, 4.69) is 3.87 Å². The van der Waals surface area contributed by atoms with Gasteiger partial charge in [0, 0.05) is 13.2 Å². The number of rotatable bonds is 2. The summed E-state index contributed by atoms with van der Waals surface area (Å²) in [4.78, 5) is 0. The second-order valence-corrected chi connectivity index (χ2v) is 10.7. The summed E-state index contributed by atoms with van der Waals surface area (Å²) in [6, 6.07) is 0. The average Bonchev–Trinajstić information content (AvgIpc) is 2.51. The van der Waals surface area contributed by atoms with E-state index in [1.54, 1.807) is 0 Å². The normalized spacial score (nSPS) is 17.5. The van der Waals surface area contributed by atoms with E-state index < -0.39 is 23.9 Å². The molecule has 4 nitrogen and oxygen atoms in total. The summed E-state index contributed by atoms with van der Waals surface area (Å²) in [5, 5.41) is 0. The first-order chi connectivity index (χ1) is 7.46. The highest BCUT2D eigenvalue weighted by molar-refractivity contribution is 7.88. The molecular weight excluding hydrogens is 277 g/mol. The molecule has 0 atom stereocenters. The van der Waals surface area contributed by atoms with Crippen LogP contribution in [0.25, 0.3) is 0 Å². The highest BCUT2D eigenvalue weighted by Gasteiger charge is 2.49. The van der Waals surface area contributed by atoms with Gasteiger partial charge in [-0.15, -0.1) is 0 Å². The van der Waals surface area contributed by atoms with Crippen molar-refractivity contribution in [2.45, 2.75) is 38.0 Å². The molecule has 0 amide bonds. The molecule has 0 aromatic carbocycles. The highest BCUT2D eigenvalue weighted by atomic mass is 32.2. The van der Waals surface area contributed by atoms with Crippen LogP contribution >= 0.6 is 0 Å². The van der Waals surface area contributed by atoms with Gasteiger partial charge in [0.1, 0.15) is 0 Å². The Kier molecular flexibility index (Phi) is 6.12. The predicted octanol–water partition coefficient (Wildman–Crippen LogP) is 2.48. The van der Waals surface area contributed by atoms with Crippen LogP contribution in [0.2, 0.25) is 19.6 Å². The molecule has 1 aliphatic heterocycles. The first kappa shape index (κ1) is 16.9. The molecule has 9 heteroatoms. The molecule has 1 rings (SSSR count). The zero-order chi connectivity index (χ0) is 13.7. The van der Waals surface area contributed by atoms with Crippen molar-refractivity contribution in [2.24, 2.45) is 0 Å². The molecule has 0 aliphatic carbocycles. The lowest BCUT2D eigenvalue weighted by molar-refractivity contribution is -0.0503. The lowest BCUT2D eigenvalue weighted by Gasteiger charge is -2.17. The Morgan fingerprint density at radius 1 is 1.12 bits per heavy atom. The number of halogens is 3. The molecule has 0 unspecified atom stereocenters. The third kappa shape index (κ3) is 7.74. The van der Waals surface area contributed by atoms with Crippen LogP contribution in [0.5, 0.6) is 0 Å². The number of hydrogen-bond donors (Lipinski definition) is 0. The molecule has 1 fully saturated rings. The molecule has 0 radical (unpaired) electrons. The second kappa shape index (κ2) is 6.16. The van der Waals surface area contributed by atoms with Gasteiger partial charge in [0.25, 0.3) is 0 Å². The summed E-state index contributed by atoms with van der Waals surface area (Å²) in [5.41, 5.74) is -5.31. The van der Waals surface area contributed by atoms with Crippen molar-refractivity contribution in [3.63, 3.8) is 0 Å². The Labute approximate surface area is 100 Å². The Bertz CT molecular complexity index is 309. The maximum atomic E-state index is 11.7. The molecule has 0 spiro atoms. The number of ether oxygens (including phenoxy) is 1. The summed E-state index contributed by atoms with van der Waals surface area (Å²) < 4.78 is 64.6. The third-order valence-electron chi connectivity index (χ3n) is 1.47. The molecule has 0 bridgehead atoms. The van der Waals surface area contributed by atoms with E-state index in [9.17, 15) is 21.6 Å². The predicted molar refractivity (Wildman–Crippen MR) is 59.5 cm³/mol. The van der Waals surface area contributed by atoms with Crippen LogP contribution in [-0.2, 0) is 18.7 Å². The molecule has 1 saturated heterocycles. The standard InChI is InChI=1S/C4H9F3O3SSi.C4H8O/c1-12(2,3)10-11(8,9)4(5,6)7;1-2-4-5-3-1/h1-3H3;1-4H2. The van der Waals surface area contributed by atoms with E-state index >= 15 is 0 Å². The third-order valence-corrected chi connectivity index (χ3v) is 4.92. The summed E-state index contributed by atoms with van der Waals surface area (Å²) in [6.07, 6.45) is 2.56. The first-order valence-electron chi connectivity index (χ1n) is 5.05. The minimum absolute atomic E-state index is 1.00. The van der Waals surface area contributed by atoms with Crippen molar-refractivity contribution in [3.05, 3.63) is 0 Å². The van der Waals surface area contributed by atoms with Crippen LogP contribution in [-0.4, -0.2) is 35.5 Å². The van der Waals surface area contributed by atoms with Gasteiger partial charge in [-0.05, 0) is 32.5 Å². The molecule has 1 heterocycles. The van der Waals surface area contributed by atoms with Crippen molar-refractivity contribution in [2.75, 3.05) is 13.2 Å². The van der Waals surface area contributed by atoms with Gasteiger partial charge in [-0.25, -0.2) is 0 Å². The van der Waals surface area contributed by atoms with E-state index in [0.29, 0.717) is 0 Å². The van der Waals surface area contributed by atoms with Gasteiger partial charge in [-0.1, -0.05) is 0 Å². The minimum atomic E-state index is -5.39. The van der Waals surface area contributed by atoms with Crippen LogP contribution in [0, 0.1) is 0 Å². The summed E-state index contributed by atoms with van der Waals surface area (Å²) >= 11 is 0. The topological polar surface area (TPSA) is 52.6 Å². The zero-order valence-electron chi connectivity index (χ0n) is 10.0. The van der Waals surface area contributed by atoms with Gasteiger partial charge in [0.2, 0.25) is 8.32 Å². The summed E-state index contributed by atoms with van der Waals surface area (Å²) in [7, 11) is -8.10. The van der Waals surface area contributed by atoms with E-state index in [1.807, 2.05) is 0 Å². The quantitative estimate of drug-likeness (QED) is 0.580. The first-order valence-corrected chi connectivity index (χ1v) is 9.87. The monoisotopic (exact) mass is 294 g/mol. The maximum absolute atomic E-state index is 11.7. The summed E-state index contributed by atoms with van der Waals surface area (Å²) in [6.45, 7) is 6.07. The Balaban J connectivity index is 0.000000419. The fourth-order valence-corrected chi connectivity index (χ4v) is 3.90. The molecule has 104 valence electrons. The van der Waals surface area contributed by atoms with Crippen molar-refractivity contribution < 1.29 is 30.2 Å². The van der Waals surface area contributed by atoms with Crippen LogP contribution in [0.4, 0.5) is 13.2 Å². The van der Waals surface area contributed by atoms with Gasteiger partial charge < -0.3 is 8.61 Å². The Hall–Kier alpha value is -0.123. The molecule has 0 N–H and O–H groups in total. The average molecular weight is 294 g/mol. The van der Waals surface area contributed by atoms with Crippen molar-refractivity contribution in [1.82, 2.24) is 0 Å².